The van der Waals surface area contributed by atoms with Crippen LogP contribution in [0.4, 0.5) is 0 Å². The maximum absolute atomic E-state index is 13.6. The molecule has 0 spiro atoms. The average Bonchev–Trinajstić information content (AvgIpc) is 3.49. The SMILES string of the molecule is Cc1cccc(C2(CCN3[C@@H]4CC[C@H]3CC(n3c(C)nc5ccccc53)C4)CCN(C(=O)c3cc(S(N)(=O)=O)ccc3Cl)CC2)c1. The fraction of sp³-hybridized carbons (Fsp3) is 0.444. The van der Waals surface area contributed by atoms with Crippen molar-refractivity contribution < 1.29 is 13.2 Å². The number of hydrogen-bond donors (Lipinski definition) is 1. The van der Waals surface area contributed by atoms with Gasteiger partial charge >= 0.3 is 0 Å². The summed E-state index contributed by atoms with van der Waals surface area (Å²) in [7, 11) is -3.95. The minimum Gasteiger partial charge on any atom is -0.339 e. The minimum absolute atomic E-state index is 0.0531. The molecule has 0 aliphatic carbocycles. The lowest BCUT2D eigenvalue weighted by atomic mass is 9.70. The summed E-state index contributed by atoms with van der Waals surface area (Å²) in [4.78, 5) is 23.0. The Morgan fingerprint density at radius 3 is 2.37 bits per heavy atom. The van der Waals surface area contributed by atoms with Crippen LogP contribution >= 0.6 is 11.6 Å². The monoisotopic (exact) mass is 659 g/mol. The number of nitrogens with two attached hydrogens (primary N) is 1. The number of amides is 1. The highest BCUT2D eigenvalue weighted by Gasteiger charge is 2.44. The highest BCUT2D eigenvalue weighted by molar-refractivity contribution is 7.89. The number of carbonyl (C=O) groups excluding carboxylic acids is 1. The number of likely N-dealkylation sites (tertiary alicyclic amines) is 1. The van der Waals surface area contributed by atoms with Crippen LogP contribution in [0.3, 0.4) is 0 Å². The molecule has 3 saturated heterocycles. The van der Waals surface area contributed by atoms with Crippen molar-refractivity contribution in [1.82, 2.24) is 19.4 Å². The molecule has 3 fully saturated rings. The van der Waals surface area contributed by atoms with Crippen molar-refractivity contribution in [3.05, 3.63) is 94.3 Å². The number of sulfonamides is 1. The Bertz CT molecular complexity index is 1880. The van der Waals surface area contributed by atoms with E-state index < -0.39 is 10.0 Å². The molecular formula is C36H42ClN5O3S. The van der Waals surface area contributed by atoms with Crippen molar-refractivity contribution in [3.8, 4) is 0 Å². The second kappa shape index (κ2) is 12.1. The molecule has 46 heavy (non-hydrogen) atoms. The Balaban J connectivity index is 1.08. The van der Waals surface area contributed by atoms with Gasteiger partial charge in [-0.05, 0) is 107 Å². The number of imidazole rings is 1. The maximum Gasteiger partial charge on any atom is 0.255 e. The lowest BCUT2D eigenvalue weighted by Gasteiger charge is -2.46. The Labute approximate surface area is 276 Å². The summed E-state index contributed by atoms with van der Waals surface area (Å²) in [6.07, 6.45) is 7.48. The second-order valence-corrected chi connectivity index (χ2v) is 15.6. The summed E-state index contributed by atoms with van der Waals surface area (Å²) in [6.45, 7) is 6.47. The first kappa shape index (κ1) is 31.4. The van der Waals surface area contributed by atoms with Gasteiger partial charge in [0, 0.05) is 31.2 Å². The molecule has 1 amide bonds. The van der Waals surface area contributed by atoms with Crippen LogP contribution in [0.5, 0.6) is 0 Å². The van der Waals surface area contributed by atoms with Crippen molar-refractivity contribution >= 4 is 38.6 Å². The third-order valence-corrected chi connectivity index (χ3v) is 12.2. The number of rotatable bonds is 7. The molecule has 0 radical (unpaired) electrons. The lowest BCUT2D eigenvalue weighted by Crippen LogP contribution is -2.49. The number of hydrogen-bond acceptors (Lipinski definition) is 5. The summed E-state index contributed by atoms with van der Waals surface area (Å²) in [5, 5.41) is 5.57. The molecule has 4 aromatic rings. The molecular weight excluding hydrogens is 618 g/mol. The van der Waals surface area contributed by atoms with Gasteiger partial charge in [-0.15, -0.1) is 0 Å². The second-order valence-electron chi connectivity index (χ2n) is 13.6. The highest BCUT2D eigenvalue weighted by atomic mass is 35.5. The summed E-state index contributed by atoms with van der Waals surface area (Å²) >= 11 is 6.39. The molecule has 0 saturated carbocycles. The van der Waals surface area contributed by atoms with E-state index in [2.05, 4.69) is 71.8 Å². The van der Waals surface area contributed by atoms with Crippen LogP contribution in [0.25, 0.3) is 11.0 Å². The number of piperidine rings is 2. The average molecular weight is 660 g/mol. The molecule has 1 unspecified atom stereocenters. The number of aromatic nitrogens is 2. The van der Waals surface area contributed by atoms with Gasteiger partial charge in [-0.1, -0.05) is 53.6 Å². The van der Waals surface area contributed by atoms with E-state index in [1.165, 1.54) is 47.7 Å². The van der Waals surface area contributed by atoms with E-state index in [1.807, 2.05) is 4.90 Å². The number of benzene rings is 3. The maximum atomic E-state index is 13.6. The van der Waals surface area contributed by atoms with Crippen LogP contribution in [0.2, 0.25) is 5.02 Å². The molecule has 4 heterocycles. The first-order valence-corrected chi connectivity index (χ1v) is 18.3. The van der Waals surface area contributed by atoms with E-state index >= 15 is 0 Å². The van der Waals surface area contributed by atoms with Gasteiger partial charge in [-0.2, -0.15) is 0 Å². The third-order valence-electron chi connectivity index (χ3n) is 11.0. The summed E-state index contributed by atoms with van der Waals surface area (Å²) < 4.78 is 26.4. The van der Waals surface area contributed by atoms with E-state index in [4.69, 9.17) is 21.7 Å². The van der Waals surface area contributed by atoms with Crippen molar-refractivity contribution in [2.45, 2.75) is 87.2 Å². The molecule has 1 aromatic heterocycles. The Hall–Kier alpha value is -3.24. The number of para-hydroxylation sites is 2. The van der Waals surface area contributed by atoms with Gasteiger partial charge in [-0.3, -0.25) is 9.69 Å². The number of primary sulfonamides is 1. The van der Waals surface area contributed by atoms with Crippen molar-refractivity contribution in [2.24, 2.45) is 5.14 Å². The summed E-state index contributed by atoms with van der Waals surface area (Å²) in [6, 6.07) is 23.0. The molecule has 3 aromatic carbocycles. The molecule has 10 heteroatoms. The van der Waals surface area contributed by atoms with E-state index in [0.29, 0.717) is 31.2 Å². The molecule has 242 valence electrons. The van der Waals surface area contributed by atoms with Crippen LogP contribution in [-0.4, -0.2) is 65.4 Å². The molecule has 3 aliphatic rings. The van der Waals surface area contributed by atoms with E-state index in [0.717, 1.165) is 50.0 Å². The molecule has 3 atom stereocenters. The van der Waals surface area contributed by atoms with Gasteiger partial charge in [-0.25, -0.2) is 18.5 Å². The Kier molecular flexibility index (Phi) is 8.24. The number of nitrogens with zero attached hydrogens (tertiary/aromatic N) is 4. The number of aryl methyl sites for hydroxylation is 2. The van der Waals surface area contributed by atoms with Crippen LogP contribution in [0.15, 0.2) is 71.6 Å². The van der Waals surface area contributed by atoms with Gasteiger partial charge in [0.25, 0.3) is 5.91 Å². The van der Waals surface area contributed by atoms with Crippen molar-refractivity contribution in [2.75, 3.05) is 19.6 Å². The van der Waals surface area contributed by atoms with Crippen molar-refractivity contribution in [1.29, 1.82) is 0 Å². The van der Waals surface area contributed by atoms with E-state index in [-0.39, 0.29) is 26.8 Å². The standard InChI is InChI=1S/C36H42ClN5O3S/c1-24-6-5-7-26(20-24)36(14-17-40(18-15-36)35(43)31-23-30(46(38,44)45)12-13-32(31)37)16-19-41-27-10-11-28(41)22-29(21-27)42-25(2)39-33-8-3-4-9-34(33)42/h3-9,12-13,20,23,27-29H,10-11,14-19,21-22H2,1-2H3,(H2,38,44,45)/t27-,28+,29?. The topological polar surface area (TPSA) is 102 Å². The number of fused-ring (bicyclic) bond motifs is 3. The largest absolute Gasteiger partial charge is 0.339 e. The van der Waals surface area contributed by atoms with Crippen molar-refractivity contribution in [3.63, 3.8) is 0 Å². The third kappa shape index (κ3) is 5.76. The van der Waals surface area contributed by atoms with Gasteiger partial charge in [0.2, 0.25) is 10.0 Å². The first-order chi connectivity index (χ1) is 22.0. The number of halogens is 1. The zero-order valence-electron chi connectivity index (χ0n) is 26.5. The molecule has 2 bridgehead atoms. The van der Waals surface area contributed by atoms with Gasteiger partial charge in [0.1, 0.15) is 5.82 Å². The van der Waals surface area contributed by atoms with Crippen LogP contribution in [-0.2, 0) is 15.4 Å². The molecule has 8 nitrogen and oxygen atoms in total. The quantitative estimate of drug-likeness (QED) is 0.248. The normalized spacial score (nSPS) is 23.2. The van der Waals surface area contributed by atoms with Gasteiger partial charge in [0.05, 0.1) is 26.5 Å². The minimum atomic E-state index is -3.95. The van der Waals surface area contributed by atoms with Crippen LogP contribution in [0.1, 0.15) is 78.3 Å². The van der Waals surface area contributed by atoms with Gasteiger partial charge in [0.15, 0.2) is 0 Å². The van der Waals surface area contributed by atoms with Crippen LogP contribution in [0, 0.1) is 13.8 Å². The zero-order valence-corrected chi connectivity index (χ0v) is 28.1. The fourth-order valence-corrected chi connectivity index (χ4v) is 9.34. The molecule has 2 N–H and O–H groups in total. The Morgan fingerprint density at radius 1 is 0.957 bits per heavy atom. The molecule has 7 rings (SSSR count). The van der Waals surface area contributed by atoms with Crippen LogP contribution < -0.4 is 5.14 Å². The van der Waals surface area contributed by atoms with Gasteiger partial charge < -0.3 is 9.47 Å². The van der Waals surface area contributed by atoms with E-state index in [9.17, 15) is 13.2 Å². The summed E-state index contributed by atoms with van der Waals surface area (Å²) in [5.41, 5.74) is 5.04. The zero-order chi connectivity index (χ0) is 32.2. The first-order valence-electron chi connectivity index (χ1n) is 16.4. The fourth-order valence-electron chi connectivity index (χ4n) is 8.60. The molecule has 3 aliphatic heterocycles. The number of carbonyl (C=O) groups is 1. The lowest BCUT2D eigenvalue weighted by molar-refractivity contribution is 0.0607. The smallest absolute Gasteiger partial charge is 0.255 e. The Morgan fingerprint density at radius 2 is 1.67 bits per heavy atom. The predicted molar refractivity (Wildman–Crippen MR) is 182 cm³/mol. The highest BCUT2D eigenvalue weighted by Crippen LogP contribution is 2.45. The summed E-state index contributed by atoms with van der Waals surface area (Å²) in [5.74, 6) is 0.854. The predicted octanol–water partition coefficient (Wildman–Crippen LogP) is 6.39. The van der Waals surface area contributed by atoms with E-state index in [1.54, 1.807) is 0 Å².